The van der Waals surface area contributed by atoms with E-state index in [1.165, 1.54) is 24.2 Å². The van der Waals surface area contributed by atoms with Crippen molar-refractivity contribution in [2.24, 2.45) is 0 Å². The summed E-state index contributed by atoms with van der Waals surface area (Å²) in [5.41, 5.74) is 0.998. The molecular weight excluding hydrogens is 701 g/mol. The molecule has 4 N–H and O–H groups in total. The van der Waals surface area contributed by atoms with Gasteiger partial charge in [-0.3, -0.25) is 15.1 Å². The summed E-state index contributed by atoms with van der Waals surface area (Å²) in [5.74, 6) is -0.982. The second-order valence-corrected chi connectivity index (χ2v) is 12.2. The summed E-state index contributed by atoms with van der Waals surface area (Å²) in [7, 11) is 0. The number of ether oxygens (including phenoxy) is 2. The van der Waals surface area contributed by atoms with Crippen LogP contribution in [0.5, 0.6) is 11.5 Å². The van der Waals surface area contributed by atoms with E-state index in [1.54, 1.807) is 43.3 Å². The summed E-state index contributed by atoms with van der Waals surface area (Å²) < 4.78 is 79.1. The van der Waals surface area contributed by atoms with Gasteiger partial charge in [-0.1, -0.05) is 18.2 Å². The number of halogens is 5. The Bertz CT molecular complexity index is 1860. The molecule has 282 valence electrons. The Morgan fingerprint density at radius 2 is 1.70 bits per heavy atom. The van der Waals surface area contributed by atoms with E-state index in [0.29, 0.717) is 61.9 Å². The summed E-state index contributed by atoms with van der Waals surface area (Å²) in [6.45, 7) is 4.76. The molecule has 0 aliphatic carbocycles. The zero-order valence-electron chi connectivity index (χ0n) is 29.2. The van der Waals surface area contributed by atoms with Crippen LogP contribution in [0.25, 0.3) is 0 Å². The van der Waals surface area contributed by atoms with Crippen molar-refractivity contribution in [1.82, 2.24) is 24.8 Å². The highest BCUT2D eigenvalue weighted by Gasteiger charge is 2.32. The number of anilines is 4. The minimum absolute atomic E-state index is 0.0143. The monoisotopic (exact) mass is 741 g/mol. The molecule has 1 saturated heterocycles. The molecule has 4 aromatic rings. The van der Waals surface area contributed by atoms with Crippen molar-refractivity contribution in [1.29, 1.82) is 5.41 Å². The van der Waals surface area contributed by atoms with E-state index in [9.17, 15) is 26.7 Å². The lowest BCUT2D eigenvalue weighted by molar-refractivity contribution is -0.149. The van der Waals surface area contributed by atoms with Crippen LogP contribution < -0.4 is 25.4 Å². The highest BCUT2D eigenvalue weighted by Crippen LogP contribution is 2.29. The Kier molecular flexibility index (Phi) is 13.1. The third-order valence-electron chi connectivity index (χ3n) is 8.13. The van der Waals surface area contributed by atoms with Gasteiger partial charge in [0.15, 0.2) is 17.4 Å². The number of rotatable bonds is 16. The average molecular weight is 742 g/mol. The van der Waals surface area contributed by atoms with E-state index >= 15 is 0 Å². The predicted molar refractivity (Wildman–Crippen MR) is 190 cm³/mol. The molecule has 3 heterocycles. The standard InChI is InChI=1S/C36H40F5N9O3/c1-3-52-25-18-28(37)27(29(38)19-25)20-44-30-8-5-4-7-26(30)33(42)35-45-21-31(34(48-35)47-24-9-10-43-32(17-24)46-23(2)51)53-16-6-11-49-12-14-50(15-13-49)22-36(39,40)41/h4-5,7-10,17-19,21,42,44H,3,6,11-16,20,22H2,1-2H3,(H2,43,45,46,47,48,51). The van der Waals surface area contributed by atoms with Crippen LogP contribution in [-0.2, 0) is 11.3 Å². The molecule has 0 saturated carbocycles. The van der Waals surface area contributed by atoms with Crippen molar-refractivity contribution in [3.63, 3.8) is 0 Å². The van der Waals surface area contributed by atoms with Crippen LogP contribution in [0.2, 0.25) is 0 Å². The van der Waals surface area contributed by atoms with E-state index in [0.717, 1.165) is 12.1 Å². The van der Waals surface area contributed by atoms with Crippen LogP contribution in [0.3, 0.4) is 0 Å². The van der Waals surface area contributed by atoms with Crippen LogP contribution >= 0.6 is 0 Å². The Hall–Kier alpha value is -5.42. The third kappa shape index (κ3) is 11.3. The first-order valence-corrected chi connectivity index (χ1v) is 16.9. The maximum Gasteiger partial charge on any atom is 0.401 e. The van der Waals surface area contributed by atoms with Crippen LogP contribution in [0.15, 0.2) is 60.9 Å². The maximum atomic E-state index is 14.8. The summed E-state index contributed by atoms with van der Waals surface area (Å²) >= 11 is 0. The van der Waals surface area contributed by atoms with Crippen LogP contribution in [-0.4, -0.2) is 95.0 Å². The second-order valence-electron chi connectivity index (χ2n) is 12.2. The van der Waals surface area contributed by atoms with Crippen LogP contribution in [0.4, 0.5) is 45.0 Å². The molecule has 17 heteroatoms. The molecule has 0 atom stereocenters. The van der Waals surface area contributed by atoms with Gasteiger partial charge in [0.25, 0.3) is 0 Å². The van der Waals surface area contributed by atoms with Crippen LogP contribution in [0, 0.1) is 17.0 Å². The number of nitrogens with one attached hydrogen (secondary N) is 4. The normalized spacial score (nSPS) is 13.7. The molecule has 12 nitrogen and oxygen atoms in total. The predicted octanol–water partition coefficient (Wildman–Crippen LogP) is 6.23. The molecule has 2 aromatic carbocycles. The van der Waals surface area contributed by atoms with Gasteiger partial charge in [0.1, 0.15) is 28.9 Å². The van der Waals surface area contributed by atoms with Gasteiger partial charge in [0.05, 0.1) is 26.0 Å². The molecule has 53 heavy (non-hydrogen) atoms. The SMILES string of the molecule is CCOc1cc(F)c(CNc2ccccc2C(=N)c2ncc(OCCCN3CCN(CC(F)(F)F)CC3)c(Nc3ccnc(NC(C)=O)c3)n2)c(F)c1. The Balaban J connectivity index is 1.31. The van der Waals surface area contributed by atoms with Crippen molar-refractivity contribution in [3.8, 4) is 11.5 Å². The zero-order valence-corrected chi connectivity index (χ0v) is 29.2. The molecule has 5 rings (SSSR count). The topological polar surface area (TPSA) is 141 Å². The van der Waals surface area contributed by atoms with Gasteiger partial charge < -0.3 is 30.3 Å². The van der Waals surface area contributed by atoms with Gasteiger partial charge in [-0.2, -0.15) is 13.2 Å². The van der Waals surface area contributed by atoms with Gasteiger partial charge in [0.2, 0.25) is 5.91 Å². The van der Waals surface area contributed by atoms with E-state index < -0.39 is 24.4 Å². The first kappa shape index (κ1) is 38.8. The second kappa shape index (κ2) is 17.9. The number of carbonyl (C=O) groups is 1. The lowest BCUT2D eigenvalue weighted by Crippen LogP contribution is -2.49. The summed E-state index contributed by atoms with van der Waals surface area (Å²) in [6, 6.07) is 12.2. The van der Waals surface area contributed by atoms with Crippen molar-refractivity contribution in [3.05, 3.63) is 89.5 Å². The highest BCUT2D eigenvalue weighted by atomic mass is 19.4. The number of aromatic nitrogens is 3. The molecule has 0 bridgehead atoms. The third-order valence-corrected chi connectivity index (χ3v) is 8.13. The fourth-order valence-electron chi connectivity index (χ4n) is 5.63. The smallest absolute Gasteiger partial charge is 0.401 e. The molecule has 1 aliphatic heterocycles. The largest absolute Gasteiger partial charge is 0.494 e. The number of amides is 1. The number of benzene rings is 2. The van der Waals surface area contributed by atoms with Crippen molar-refractivity contribution in [2.45, 2.75) is 33.0 Å². The molecule has 0 unspecified atom stereocenters. The Morgan fingerprint density at radius 3 is 2.40 bits per heavy atom. The van der Waals surface area contributed by atoms with Gasteiger partial charge in [-0.15, -0.1) is 0 Å². The van der Waals surface area contributed by atoms with E-state index in [4.69, 9.17) is 14.9 Å². The first-order valence-electron chi connectivity index (χ1n) is 16.9. The van der Waals surface area contributed by atoms with E-state index in [-0.39, 0.29) is 60.1 Å². The maximum absolute atomic E-state index is 14.8. The lowest BCUT2D eigenvalue weighted by Gasteiger charge is -2.34. The number of nitrogens with zero attached hydrogens (tertiary/aromatic N) is 5. The molecule has 0 spiro atoms. The molecule has 1 amide bonds. The number of piperazine rings is 1. The molecule has 0 radical (unpaired) electrons. The number of hydrogen-bond acceptors (Lipinski definition) is 11. The number of pyridine rings is 1. The quantitative estimate of drug-likeness (QED) is 0.0594. The van der Waals surface area contributed by atoms with Gasteiger partial charge >= 0.3 is 6.18 Å². The van der Waals surface area contributed by atoms with E-state index in [1.807, 2.05) is 0 Å². The summed E-state index contributed by atoms with van der Waals surface area (Å²) in [4.78, 5) is 28.2. The summed E-state index contributed by atoms with van der Waals surface area (Å²) in [6.07, 6.45) is -0.734. The van der Waals surface area contributed by atoms with E-state index in [2.05, 4.69) is 35.8 Å². The molecule has 1 aliphatic rings. The molecule has 1 fully saturated rings. The average Bonchev–Trinajstić information content (AvgIpc) is 3.10. The fourth-order valence-corrected chi connectivity index (χ4v) is 5.63. The van der Waals surface area contributed by atoms with Gasteiger partial charge in [-0.05, 0) is 25.5 Å². The fraction of sp³-hybridized carbons (Fsp3) is 0.361. The minimum atomic E-state index is -4.22. The van der Waals surface area contributed by atoms with Crippen molar-refractivity contribution in [2.75, 3.05) is 68.4 Å². The molecule has 2 aromatic heterocycles. The van der Waals surface area contributed by atoms with Crippen molar-refractivity contribution >= 4 is 34.6 Å². The number of hydrogen-bond donors (Lipinski definition) is 4. The number of alkyl halides is 3. The minimum Gasteiger partial charge on any atom is -0.494 e. The zero-order chi connectivity index (χ0) is 38.0. The van der Waals surface area contributed by atoms with Crippen LogP contribution in [0.1, 0.15) is 37.2 Å². The number of carbonyl (C=O) groups excluding carboxylic acids is 1. The first-order chi connectivity index (χ1) is 25.4. The van der Waals surface area contributed by atoms with Gasteiger partial charge in [0, 0.05) is 93.1 Å². The highest BCUT2D eigenvalue weighted by molar-refractivity contribution is 6.12. The number of para-hydroxylation sites is 1. The Morgan fingerprint density at radius 1 is 0.981 bits per heavy atom. The lowest BCUT2D eigenvalue weighted by atomic mass is 10.1. The summed E-state index contributed by atoms with van der Waals surface area (Å²) in [5, 5.41) is 17.8. The Labute approximate surface area is 303 Å². The van der Waals surface area contributed by atoms with Crippen molar-refractivity contribution < 1.29 is 36.2 Å². The van der Waals surface area contributed by atoms with Gasteiger partial charge in [-0.25, -0.2) is 23.7 Å². The molecular formula is C36H40F5N9O3.